The third-order valence-electron chi connectivity index (χ3n) is 2.39. The van der Waals surface area contributed by atoms with E-state index in [1.165, 1.54) is 6.20 Å². The van der Waals surface area contributed by atoms with E-state index < -0.39 is 0 Å². The fourth-order valence-corrected chi connectivity index (χ4v) is 1.45. The molecule has 112 valence electrons. The highest BCUT2D eigenvalue weighted by Crippen LogP contribution is 2.19. The standard InChI is InChI=1S/C15H18ClN3O2/c1-4-9-21-14-7-5-13(6-8-14)18-11(2)15(19-20)10-17-12(3)16/h5-8,10,18H,2,4,9H2,1,3H3/b15-10+,17-12?. The molecule has 0 aliphatic heterocycles. The normalized spacial score (nSPS) is 12.0. The van der Waals surface area contributed by atoms with E-state index in [-0.39, 0.29) is 5.70 Å². The monoisotopic (exact) mass is 307 g/mol. The molecule has 0 amide bonds. The second-order valence-electron chi connectivity index (χ2n) is 4.21. The summed E-state index contributed by atoms with van der Waals surface area (Å²) in [6.45, 7) is 8.08. The van der Waals surface area contributed by atoms with Gasteiger partial charge in [0.15, 0.2) is 0 Å². The van der Waals surface area contributed by atoms with E-state index in [4.69, 9.17) is 16.3 Å². The van der Waals surface area contributed by atoms with Gasteiger partial charge >= 0.3 is 0 Å². The van der Waals surface area contributed by atoms with Crippen LogP contribution in [0.2, 0.25) is 0 Å². The van der Waals surface area contributed by atoms with Gasteiger partial charge in [0, 0.05) is 5.69 Å². The van der Waals surface area contributed by atoms with E-state index in [9.17, 15) is 4.91 Å². The van der Waals surface area contributed by atoms with Gasteiger partial charge in [0.25, 0.3) is 0 Å². The molecule has 0 aliphatic rings. The minimum atomic E-state index is 0.0845. The molecule has 5 nitrogen and oxygen atoms in total. The molecule has 0 fully saturated rings. The van der Waals surface area contributed by atoms with Gasteiger partial charge in [0.1, 0.15) is 16.6 Å². The fourth-order valence-electron chi connectivity index (χ4n) is 1.40. The number of nitroso groups, excluding NO2 is 1. The molecule has 0 spiro atoms. The number of ether oxygens (including phenoxy) is 1. The van der Waals surface area contributed by atoms with Crippen molar-refractivity contribution in [2.45, 2.75) is 20.3 Å². The van der Waals surface area contributed by atoms with Crippen molar-refractivity contribution in [3.05, 3.63) is 53.3 Å². The van der Waals surface area contributed by atoms with Crippen LogP contribution in [0.5, 0.6) is 5.75 Å². The molecular weight excluding hydrogens is 290 g/mol. The molecule has 0 aromatic heterocycles. The summed E-state index contributed by atoms with van der Waals surface area (Å²) in [5, 5.41) is 6.16. The largest absolute Gasteiger partial charge is 0.494 e. The third kappa shape index (κ3) is 6.23. The van der Waals surface area contributed by atoms with Gasteiger partial charge in [-0.25, -0.2) is 4.99 Å². The highest BCUT2D eigenvalue weighted by Gasteiger charge is 2.04. The molecule has 0 saturated heterocycles. The number of hydrogen-bond acceptors (Lipinski definition) is 5. The molecule has 0 aliphatic carbocycles. The maximum atomic E-state index is 10.8. The lowest BCUT2D eigenvalue weighted by molar-refractivity contribution is 0.317. The van der Waals surface area contributed by atoms with Gasteiger partial charge in [-0.15, -0.1) is 4.91 Å². The molecule has 0 unspecified atom stereocenters. The first-order chi connectivity index (χ1) is 10.1. The lowest BCUT2D eigenvalue weighted by Gasteiger charge is -2.09. The average Bonchev–Trinajstić information content (AvgIpc) is 2.47. The van der Waals surface area contributed by atoms with Crippen LogP contribution in [0.25, 0.3) is 0 Å². The summed E-state index contributed by atoms with van der Waals surface area (Å²) in [4.78, 5) is 14.6. The van der Waals surface area contributed by atoms with Crippen molar-refractivity contribution in [3.63, 3.8) is 0 Å². The van der Waals surface area contributed by atoms with Crippen LogP contribution >= 0.6 is 11.6 Å². The number of halogens is 1. The number of nitrogens with one attached hydrogen (secondary N) is 1. The van der Waals surface area contributed by atoms with Crippen LogP contribution < -0.4 is 10.1 Å². The first kappa shape index (κ1) is 16.9. The number of rotatable bonds is 8. The van der Waals surface area contributed by atoms with E-state index in [0.717, 1.165) is 17.9 Å². The Bertz CT molecular complexity index is 547. The maximum Gasteiger partial charge on any atom is 0.149 e. The maximum absolute atomic E-state index is 10.8. The number of aliphatic imine (C=N–C) groups is 1. The van der Waals surface area contributed by atoms with Gasteiger partial charge in [0.2, 0.25) is 0 Å². The lowest BCUT2D eigenvalue weighted by atomic mass is 10.2. The minimum Gasteiger partial charge on any atom is -0.494 e. The first-order valence-electron chi connectivity index (χ1n) is 6.49. The number of nitrogens with zero attached hydrogens (tertiary/aromatic N) is 2. The minimum absolute atomic E-state index is 0.0845. The second kappa shape index (κ2) is 8.92. The van der Waals surface area contributed by atoms with Crippen molar-refractivity contribution in [1.82, 2.24) is 0 Å². The zero-order valence-corrected chi connectivity index (χ0v) is 12.9. The Morgan fingerprint density at radius 2 is 2.10 bits per heavy atom. The van der Waals surface area contributed by atoms with Gasteiger partial charge < -0.3 is 10.1 Å². The molecule has 1 aromatic rings. The van der Waals surface area contributed by atoms with Gasteiger partial charge in [-0.1, -0.05) is 25.1 Å². The third-order valence-corrected chi connectivity index (χ3v) is 2.49. The van der Waals surface area contributed by atoms with E-state index in [2.05, 4.69) is 22.1 Å². The average molecular weight is 308 g/mol. The zero-order chi connectivity index (χ0) is 15.7. The van der Waals surface area contributed by atoms with Crippen molar-refractivity contribution < 1.29 is 4.74 Å². The quantitative estimate of drug-likeness (QED) is 0.431. The summed E-state index contributed by atoms with van der Waals surface area (Å²) in [5.74, 6) is 0.791. The van der Waals surface area contributed by atoms with Crippen LogP contribution in [-0.2, 0) is 0 Å². The van der Waals surface area contributed by atoms with Crippen LogP contribution in [-0.4, -0.2) is 11.8 Å². The Kier molecular flexibility index (Phi) is 7.18. The second-order valence-corrected chi connectivity index (χ2v) is 4.76. The Hall–Kier alpha value is -2.14. The molecule has 0 heterocycles. The van der Waals surface area contributed by atoms with E-state index in [1.807, 2.05) is 31.2 Å². The smallest absolute Gasteiger partial charge is 0.149 e. The topological polar surface area (TPSA) is 63.0 Å². The van der Waals surface area contributed by atoms with Gasteiger partial charge in [0.05, 0.1) is 18.5 Å². The van der Waals surface area contributed by atoms with Gasteiger partial charge in [-0.05, 0) is 42.8 Å². The summed E-state index contributed by atoms with van der Waals surface area (Å²) in [5.41, 5.74) is 1.19. The summed E-state index contributed by atoms with van der Waals surface area (Å²) < 4.78 is 5.49. The van der Waals surface area contributed by atoms with Crippen LogP contribution in [0.4, 0.5) is 5.69 Å². The zero-order valence-electron chi connectivity index (χ0n) is 12.1. The lowest BCUT2D eigenvalue weighted by Crippen LogP contribution is -2.00. The molecule has 21 heavy (non-hydrogen) atoms. The summed E-state index contributed by atoms with van der Waals surface area (Å²) in [6.07, 6.45) is 2.22. The van der Waals surface area contributed by atoms with Crippen molar-refractivity contribution in [2.75, 3.05) is 11.9 Å². The highest BCUT2D eigenvalue weighted by atomic mass is 35.5. The molecule has 1 aromatic carbocycles. The Morgan fingerprint density at radius 3 is 2.62 bits per heavy atom. The molecule has 0 saturated carbocycles. The predicted molar refractivity (Wildman–Crippen MR) is 87.8 cm³/mol. The Balaban J connectivity index is 2.71. The van der Waals surface area contributed by atoms with E-state index in [0.29, 0.717) is 17.5 Å². The number of hydrogen-bond donors (Lipinski definition) is 1. The molecule has 1 rings (SSSR count). The Labute approximate surface area is 129 Å². The predicted octanol–water partition coefficient (Wildman–Crippen LogP) is 4.67. The van der Waals surface area contributed by atoms with Crippen molar-refractivity contribution >= 4 is 22.5 Å². The summed E-state index contributed by atoms with van der Waals surface area (Å²) >= 11 is 5.60. The SMILES string of the molecule is C=C(Nc1ccc(OCCC)cc1)/C(=C\N=C(C)Cl)N=O. The number of anilines is 1. The van der Waals surface area contributed by atoms with Crippen LogP contribution in [0.15, 0.2) is 58.6 Å². The molecule has 0 radical (unpaired) electrons. The van der Waals surface area contributed by atoms with Crippen LogP contribution in [0.3, 0.4) is 0 Å². The molecule has 1 N–H and O–H groups in total. The fraction of sp³-hybridized carbons (Fsp3) is 0.267. The summed E-state index contributed by atoms with van der Waals surface area (Å²) in [6, 6.07) is 7.33. The van der Waals surface area contributed by atoms with Crippen molar-refractivity contribution in [1.29, 1.82) is 0 Å². The van der Waals surface area contributed by atoms with Crippen LogP contribution in [0, 0.1) is 4.91 Å². The molecular formula is C15H18ClN3O2. The van der Waals surface area contributed by atoms with Gasteiger partial charge in [-0.3, -0.25) is 0 Å². The highest BCUT2D eigenvalue weighted by molar-refractivity contribution is 6.64. The Morgan fingerprint density at radius 1 is 1.43 bits per heavy atom. The van der Waals surface area contributed by atoms with Crippen molar-refractivity contribution in [3.8, 4) is 5.75 Å². The van der Waals surface area contributed by atoms with Crippen molar-refractivity contribution in [2.24, 2.45) is 10.2 Å². The van der Waals surface area contributed by atoms with Crippen LogP contribution in [0.1, 0.15) is 20.3 Å². The molecule has 0 atom stereocenters. The molecule has 6 heteroatoms. The van der Waals surface area contributed by atoms with E-state index >= 15 is 0 Å². The summed E-state index contributed by atoms with van der Waals surface area (Å²) in [7, 11) is 0. The number of benzene rings is 1. The van der Waals surface area contributed by atoms with E-state index in [1.54, 1.807) is 6.92 Å². The van der Waals surface area contributed by atoms with Gasteiger partial charge in [-0.2, -0.15) is 0 Å². The first-order valence-corrected chi connectivity index (χ1v) is 6.87. The molecule has 0 bridgehead atoms.